The van der Waals surface area contributed by atoms with E-state index in [1.807, 2.05) is 6.92 Å². The number of aliphatic hydroxyl groups excluding tert-OH is 5. The summed E-state index contributed by atoms with van der Waals surface area (Å²) in [4.78, 5) is 12.8. The maximum absolute atomic E-state index is 12.8. The van der Waals surface area contributed by atoms with Gasteiger partial charge < -0.3 is 40.3 Å². The average molecular weight is 672 g/mol. The van der Waals surface area contributed by atoms with Crippen molar-refractivity contribution in [3.8, 4) is 0 Å². The first-order valence-electron chi connectivity index (χ1n) is 17.0. The molecule has 1 saturated heterocycles. The number of hydrogen-bond donors (Lipinski definition) is 7. The zero-order valence-electron chi connectivity index (χ0n) is 27.3. The van der Waals surface area contributed by atoms with Gasteiger partial charge in [0.2, 0.25) is 5.91 Å². The van der Waals surface area contributed by atoms with E-state index in [1.54, 1.807) is 0 Å². The van der Waals surface area contributed by atoms with Gasteiger partial charge in [0.15, 0.2) is 6.29 Å². The molecule has 1 fully saturated rings. The Balaban J connectivity index is 2.56. The molecular formula is C31H61NO12S. The third kappa shape index (κ3) is 18.3. The molecule has 0 spiro atoms. The molecule has 0 radical (unpaired) electrons. The van der Waals surface area contributed by atoms with Crippen LogP contribution < -0.4 is 5.32 Å². The van der Waals surface area contributed by atoms with Gasteiger partial charge in [-0.2, -0.15) is 8.42 Å². The number of aliphatic hydroxyl groups is 5. The molecule has 1 amide bonds. The quantitative estimate of drug-likeness (QED) is 0.0496. The number of nitrogens with one attached hydrogen (secondary N) is 1. The lowest BCUT2D eigenvalue weighted by atomic mass is 9.99. The Bertz CT molecular complexity index is 864. The maximum Gasteiger partial charge on any atom is 0.397 e. The lowest BCUT2D eigenvalue weighted by Gasteiger charge is -2.41. The molecule has 0 bridgehead atoms. The maximum atomic E-state index is 12.8. The van der Waals surface area contributed by atoms with Gasteiger partial charge in [-0.3, -0.25) is 9.35 Å². The van der Waals surface area contributed by atoms with E-state index >= 15 is 0 Å². The number of amides is 1. The van der Waals surface area contributed by atoms with E-state index in [0.717, 1.165) is 32.1 Å². The van der Waals surface area contributed by atoms with Crippen LogP contribution in [0.3, 0.4) is 0 Å². The summed E-state index contributed by atoms with van der Waals surface area (Å²) in [6.45, 7) is 3.02. The number of ether oxygens (including phenoxy) is 2. The van der Waals surface area contributed by atoms with Gasteiger partial charge in [0.25, 0.3) is 0 Å². The summed E-state index contributed by atoms with van der Waals surface area (Å²) < 4.78 is 46.8. The molecule has 8 atom stereocenters. The number of hydrogen-bond acceptors (Lipinski definition) is 11. The topological polar surface area (TPSA) is 212 Å². The second-order valence-corrected chi connectivity index (χ2v) is 13.3. The van der Waals surface area contributed by atoms with Crippen LogP contribution in [0.25, 0.3) is 0 Å². The monoisotopic (exact) mass is 671 g/mol. The van der Waals surface area contributed by atoms with E-state index in [1.165, 1.54) is 57.8 Å². The Morgan fingerprint density at radius 1 is 0.800 bits per heavy atom. The van der Waals surface area contributed by atoms with Crippen molar-refractivity contribution in [1.29, 1.82) is 0 Å². The van der Waals surface area contributed by atoms with E-state index < -0.39 is 78.5 Å². The largest absolute Gasteiger partial charge is 0.397 e. The molecule has 14 heteroatoms. The molecule has 1 aliphatic rings. The summed E-state index contributed by atoms with van der Waals surface area (Å²) in [7, 11) is -5.09. The van der Waals surface area contributed by atoms with Crippen molar-refractivity contribution in [2.24, 2.45) is 0 Å². The fourth-order valence-corrected chi connectivity index (χ4v) is 5.97. The number of carbonyl (C=O) groups excluding carboxylic acids is 1. The summed E-state index contributed by atoms with van der Waals surface area (Å²) >= 11 is 0. The molecule has 8 unspecified atom stereocenters. The van der Waals surface area contributed by atoms with Crippen molar-refractivity contribution in [2.45, 2.75) is 178 Å². The predicted octanol–water partition coefficient (Wildman–Crippen LogP) is 2.90. The molecule has 0 saturated carbocycles. The molecule has 1 rings (SSSR count). The zero-order valence-corrected chi connectivity index (χ0v) is 28.1. The highest BCUT2D eigenvalue weighted by molar-refractivity contribution is 7.80. The zero-order chi connectivity index (χ0) is 33.7. The molecule has 45 heavy (non-hydrogen) atoms. The standard InChI is InChI=1S/C31H61NO12S/c1-3-5-7-8-9-10-11-12-13-14-15-16-18-20-25(35)30(38)32-23(24(34)19-17-6-4-2)22-42-31-28(37)29(44-45(39,40)41)27(36)26(21-33)43-31/h23-29,31,33-37H,3-22H2,1-2H3,(H,32,38)(H,39,40,41). The van der Waals surface area contributed by atoms with Gasteiger partial charge in [-0.05, 0) is 12.8 Å². The average Bonchev–Trinajstić information content (AvgIpc) is 2.99. The van der Waals surface area contributed by atoms with Crippen molar-refractivity contribution in [3.05, 3.63) is 0 Å². The predicted molar refractivity (Wildman–Crippen MR) is 169 cm³/mol. The molecule has 268 valence electrons. The molecule has 1 aliphatic heterocycles. The Kier molecular flexibility index (Phi) is 22.7. The van der Waals surface area contributed by atoms with E-state index in [2.05, 4.69) is 16.4 Å². The highest BCUT2D eigenvalue weighted by Gasteiger charge is 2.48. The SMILES string of the molecule is CCCCCCCCCCCCCCCC(O)C(=O)NC(COC1OC(CO)C(O)C(OS(=O)(=O)O)C1O)C(O)CCCCC. The van der Waals surface area contributed by atoms with Crippen LogP contribution in [0, 0.1) is 0 Å². The van der Waals surface area contributed by atoms with E-state index in [-0.39, 0.29) is 6.42 Å². The van der Waals surface area contributed by atoms with Gasteiger partial charge in [-0.25, -0.2) is 4.18 Å². The molecular weight excluding hydrogens is 610 g/mol. The first kappa shape index (κ1) is 42.1. The summed E-state index contributed by atoms with van der Waals surface area (Å²) in [6.07, 6.45) is 7.22. The van der Waals surface area contributed by atoms with Crippen molar-refractivity contribution >= 4 is 16.3 Å². The normalized spacial score (nSPS) is 24.3. The first-order chi connectivity index (χ1) is 21.4. The minimum Gasteiger partial charge on any atom is -0.394 e. The number of rotatable bonds is 27. The van der Waals surface area contributed by atoms with Crippen LogP contribution in [0.2, 0.25) is 0 Å². The van der Waals surface area contributed by atoms with Gasteiger partial charge in [-0.1, -0.05) is 117 Å². The molecule has 0 aromatic heterocycles. The Labute approximate surface area is 270 Å². The lowest BCUT2D eigenvalue weighted by Crippen LogP contribution is -2.61. The van der Waals surface area contributed by atoms with Crippen LogP contribution >= 0.6 is 0 Å². The summed E-state index contributed by atoms with van der Waals surface area (Å²) in [5, 5.41) is 54.2. The van der Waals surface area contributed by atoms with Crippen LogP contribution in [-0.4, -0.2) is 107 Å². The minimum atomic E-state index is -5.09. The number of unbranched alkanes of at least 4 members (excludes halogenated alkanes) is 14. The molecule has 7 N–H and O–H groups in total. The van der Waals surface area contributed by atoms with Crippen LogP contribution in [0.1, 0.15) is 129 Å². The number of carbonyl (C=O) groups is 1. The summed E-state index contributed by atoms with van der Waals surface area (Å²) in [5.74, 6) is -0.682. The van der Waals surface area contributed by atoms with Gasteiger partial charge in [0.1, 0.15) is 30.5 Å². The van der Waals surface area contributed by atoms with Crippen LogP contribution in [0.5, 0.6) is 0 Å². The molecule has 0 aromatic carbocycles. The smallest absolute Gasteiger partial charge is 0.394 e. The van der Waals surface area contributed by atoms with Crippen molar-refractivity contribution in [1.82, 2.24) is 5.32 Å². The Hall–Kier alpha value is -0.940. The van der Waals surface area contributed by atoms with Gasteiger partial charge in [0.05, 0.1) is 25.4 Å². The molecule has 13 nitrogen and oxygen atoms in total. The fourth-order valence-electron chi connectivity index (χ4n) is 5.46. The van der Waals surface area contributed by atoms with Crippen molar-refractivity contribution < 1.29 is 57.0 Å². The Morgan fingerprint density at radius 2 is 1.29 bits per heavy atom. The molecule has 0 aromatic rings. The second kappa shape index (κ2) is 24.2. The van der Waals surface area contributed by atoms with Gasteiger partial charge in [0, 0.05) is 0 Å². The van der Waals surface area contributed by atoms with E-state index in [9.17, 15) is 38.7 Å². The van der Waals surface area contributed by atoms with E-state index in [0.29, 0.717) is 19.3 Å². The second-order valence-electron chi connectivity index (χ2n) is 12.3. The lowest BCUT2D eigenvalue weighted by molar-refractivity contribution is -0.298. The van der Waals surface area contributed by atoms with E-state index in [4.69, 9.17) is 14.0 Å². The minimum absolute atomic E-state index is 0.262. The van der Waals surface area contributed by atoms with Crippen LogP contribution in [-0.2, 0) is 28.9 Å². The highest BCUT2D eigenvalue weighted by atomic mass is 32.3. The Morgan fingerprint density at radius 3 is 1.80 bits per heavy atom. The van der Waals surface area contributed by atoms with Crippen molar-refractivity contribution in [3.63, 3.8) is 0 Å². The van der Waals surface area contributed by atoms with Crippen LogP contribution in [0.15, 0.2) is 0 Å². The summed E-state index contributed by atoms with van der Waals surface area (Å²) in [6, 6.07) is -1.02. The first-order valence-corrected chi connectivity index (χ1v) is 18.4. The van der Waals surface area contributed by atoms with Crippen LogP contribution in [0.4, 0.5) is 0 Å². The third-order valence-corrected chi connectivity index (χ3v) is 8.74. The van der Waals surface area contributed by atoms with Gasteiger partial charge >= 0.3 is 10.4 Å². The molecule has 0 aliphatic carbocycles. The fraction of sp³-hybridized carbons (Fsp3) is 0.968. The van der Waals surface area contributed by atoms with Crippen molar-refractivity contribution in [2.75, 3.05) is 13.2 Å². The highest BCUT2D eigenvalue weighted by Crippen LogP contribution is 2.26. The third-order valence-electron chi connectivity index (χ3n) is 8.27. The summed E-state index contributed by atoms with van der Waals surface area (Å²) in [5.41, 5.74) is 0. The molecule has 1 heterocycles. The van der Waals surface area contributed by atoms with Gasteiger partial charge in [-0.15, -0.1) is 0 Å².